The second-order valence-corrected chi connectivity index (χ2v) is 6.22. The summed E-state index contributed by atoms with van der Waals surface area (Å²) in [5.41, 5.74) is 2.19. The number of carbonyl (C=O) groups excluding carboxylic acids is 1. The molecule has 1 aromatic heterocycles. The zero-order chi connectivity index (χ0) is 18.5. The van der Waals surface area contributed by atoms with Crippen LogP contribution in [-0.4, -0.2) is 18.9 Å². The van der Waals surface area contributed by atoms with Crippen LogP contribution in [0, 0.1) is 0 Å². The number of hydrogen-bond donors (Lipinski definition) is 0. The maximum absolute atomic E-state index is 12.3. The Labute approximate surface area is 153 Å². The van der Waals surface area contributed by atoms with Crippen LogP contribution in [0.15, 0.2) is 63.4 Å². The molecule has 1 aromatic carbocycles. The lowest BCUT2D eigenvalue weighted by Crippen LogP contribution is -2.21. The molecule has 3 rings (SSSR count). The Hall–Kier alpha value is -2.88. The average Bonchev–Trinajstić information content (AvgIpc) is 2.67. The monoisotopic (exact) mass is 349 g/mol. The maximum Gasteiger partial charge on any atom is 0.343 e. The summed E-state index contributed by atoms with van der Waals surface area (Å²) in [6.07, 6.45) is 10.5. The first-order valence-electron chi connectivity index (χ1n) is 9.04. The van der Waals surface area contributed by atoms with Gasteiger partial charge in [-0.15, -0.1) is 0 Å². The van der Waals surface area contributed by atoms with Crippen LogP contribution in [0.25, 0.3) is 17.0 Å². The smallest absolute Gasteiger partial charge is 0.343 e. The lowest BCUT2D eigenvalue weighted by atomic mass is 10.0. The van der Waals surface area contributed by atoms with Crippen molar-refractivity contribution in [1.82, 2.24) is 0 Å². The third-order valence-electron chi connectivity index (χ3n) is 4.57. The molecule has 26 heavy (non-hydrogen) atoms. The quantitative estimate of drug-likeness (QED) is 0.569. The Balaban J connectivity index is 1.89. The zero-order valence-electron chi connectivity index (χ0n) is 15.2. The van der Waals surface area contributed by atoms with Gasteiger partial charge >= 0.3 is 5.63 Å². The highest BCUT2D eigenvalue weighted by atomic mass is 16.4. The summed E-state index contributed by atoms with van der Waals surface area (Å²) >= 11 is 0. The number of benzene rings is 1. The van der Waals surface area contributed by atoms with Gasteiger partial charge in [-0.1, -0.05) is 18.2 Å². The summed E-state index contributed by atoms with van der Waals surface area (Å²) in [4.78, 5) is 26.7. The van der Waals surface area contributed by atoms with Crippen molar-refractivity contribution < 1.29 is 9.21 Å². The van der Waals surface area contributed by atoms with E-state index in [1.54, 1.807) is 6.07 Å². The molecular weight excluding hydrogens is 326 g/mol. The van der Waals surface area contributed by atoms with Gasteiger partial charge in [-0.3, -0.25) is 4.79 Å². The summed E-state index contributed by atoms with van der Waals surface area (Å²) < 4.78 is 5.48. The number of carbonyl (C=O) groups is 1. The molecule has 4 nitrogen and oxygen atoms in total. The van der Waals surface area contributed by atoms with Crippen molar-refractivity contribution in [3.05, 3.63) is 70.1 Å². The summed E-state index contributed by atoms with van der Waals surface area (Å²) in [5, 5.41) is 0.837. The molecule has 1 heterocycles. The van der Waals surface area contributed by atoms with Crippen LogP contribution in [0.3, 0.4) is 0 Å². The molecule has 0 aliphatic heterocycles. The molecule has 0 unspecified atom stereocenters. The fraction of sp³-hybridized carbons (Fsp3) is 0.273. The van der Waals surface area contributed by atoms with Gasteiger partial charge in [0.2, 0.25) is 0 Å². The molecule has 134 valence electrons. The standard InChI is InChI=1S/C22H23NO3/c1-3-23(4-2)19-12-10-17-14-18(22(25)26-21(17)15-19)11-13-20(24)16-8-6-5-7-9-16/h6,8-15H,3-5,7H2,1-2H3/b13-11+. The number of ketones is 1. The van der Waals surface area contributed by atoms with Gasteiger partial charge in [0.25, 0.3) is 0 Å². The van der Waals surface area contributed by atoms with E-state index < -0.39 is 5.63 Å². The Morgan fingerprint density at radius 3 is 2.69 bits per heavy atom. The minimum absolute atomic E-state index is 0.0997. The van der Waals surface area contributed by atoms with Gasteiger partial charge in [-0.05, 0) is 57.0 Å². The first kappa shape index (κ1) is 17.9. The van der Waals surface area contributed by atoms with Crippen molar-refractivity contribution >= 4 is 28.5 Å². The van der Waals surface area contributed by atoms with Crippen LogP contribution >= 0.6 is 0 Å². The van der Waals surface area contributed by atoms with Crippen molar-refractivity contribution in [3.63, 3.8) is 0 Å². The number of fused-ring (bicyclic) bond motifs is 1. The predicted octanol–water partition coefficient (Wildman–Crippen LogP) is 4.50. The Bertz CT molecular complexity index is 959. The van der Waals surface area contributed by atoms with E-state index in [4.69, 9.17) is 4.42 Å². The van der Waals surface area contributed by atoms with E-state index in [1.807, 2.05) is 36.4 Å². The molecule has 1 aliphatic carbocycles. The second-order valence-electron chi connectivity index (χ2n) is 6.22. The largest absolute Gasteiger partial charge is 0.422 e. The summed E-state index contributed by atoms with van der Waals surface area (Å²) in [5.74, 6) is -0.0997. The van der Waals surface area contributed by atoms with Crippen LogP contribution in [0.1, 0.15) is 32.3 Å². The molecular formula is C22H23NO3. The van der Waals surface area contributed by atoms with E-state index in [0.717, 1.165) is 37.0 Å². The van der Waals surface area contributed by atoms with Gasteiger partial charge in [0.15, 0.2) is 5.78 Å². The van der Waals surface area contributed by atoms with Crippen LogP contribution in [-0.2, 0) is 4.79 Å². The molecule has 4 heteroatoms. The highest BCUT2D eigenvalue weighted by Crippen LogP contribution is 2.22. The number of allylic oxidation sites excluding steroid dienone is 5. The number of nitrogens with zero attached hydrogens (tertiary/aromatic N) is 1. The van der Waals surface area contributed by atoms with Gasteiger partial charge < -0.3 is 9.32 Å². The van der Waals surface area contributed by atoms with E-state index in [9.17, 15) is 9.59 Å². The van der Waals surface area contributed by atoms with Gasteiger partial charge in [0.05, 0.1) is 5.56 Å². The van der Waals surface area contributed by atoms with E-state index in [1.165, 1.54) is 12.2 Å². The van der Waals surface area contributed by atoms with Crippen LogP contribution < -0.4 is 10.5 Å². The van der Waals surface area contributed by atoms with E-state index >= 15 is 0 Å². The van der Waals surface area contributed by atoms with Crippen molar-refractivity contribution in [2.24, 2.45) is 0 Å². The minimum atomic E-state index is -0.439. The first-order chi connectivity index (χ1) is 12.6. The van der Waals surface area contributed by atoms with Crippen LogP contribution in [0.4, 0.5) is 5.69 Å². The SMILES string of the molecule is CCN(CC)c1ccc2cc(/C=C/C(=O)C3=CCCC=C3)c(=O)oc2c1. The van der Waals surface area contributed by atoms with Crippen molar-refractivity contribution in [3.8, 4) is 0 Å². The van der Waals surface area contributed by atoms with Crippen molar-refractivity contribution in [2.45, 2.75) is 26.7 Å². The summed E-state index contributed by atoms with van der Waals surface area (Å²) in [6, 6.07) is 7.62. The third-order valence-corrected chi connectivity index (χ3v) is 4.57. The van der Waals surface area contributed by atoms with E-state index in [0.29, 0.717) is 16.7 Å². The van der Waals surface area contributed by atoms with Gasteiger partial charge in [0.1, 0.15) is 5.58 Å². The highest BCUT2D eigenvalue weighted by molar-refractivity contribution is 6.08. The molecule has 0 saturated carbocycles. The molecule has 2 aromatic rings. The fourth-order valence-electron chi connectivity index (χ4n) is 3.08. The average molecular weight is 349 g/mol. The Kier molecular flexibility index (Phi) is 5.52. The molecule has 0 amide bonds. The predicted molar refractivity (Wildman–Crippen MR) is 107 cm³/mol. The molecule has 0 fully saturated rings. The topological polar surface area (TPSA) is 50.5 Å². The number of hydrogen-bond acceptors (Lipinski definition) is 4. The number of rotatable bonds is 6. The lowest BCUT2D eigenvalue weighted by Gasteiger charge is -2.20. The van der Waals surface area contributed by atoms with Crippen LogP contribution in [0.5, 0.6) is 0 Å². The molecule has 0 bridgehead atoms. The highest BCUT2D eigenvalue weighted by Gasteiger charge is 2.09. The normalized spacial score (nSPS) is 14.0. The van der Waals surface area contributed by atoms with Gasteiger partial charge in [-0.2, -0.15) is 0 Å². The van der Waals surface area contributed by atoms with Crippen molar-refractivity contribution in [1.29, 1.82) is 0 Å². The maximum atomic E-state index is 12.3. The molecule has 0 radical (unpaired) electrons. The second kappa shape index (κ2) is 8.00. The van der Waals surface area contributed by atoms with E-state index in [-0.39, 0.29) is 5.78 Å². The minimum Gasteiger partial charge on any atom is -0.422 e. The first-order valence-corrected chi connectivity index (χ1v) is 9.04. The summed E-state index contributed by atoms with van der Waals surface area (Å²) in [6.45, 7) is 5.95. The van der Waals surface area contributed by atoms with Gasteiger partial charge in [-0.25, -0.2) is 4.79 Å². The Morgan fingerprint density at radius 1 is 1.19 bits per heavy atom. The number of anilines is 1. The lowest BCUT2D eigenvalue weighted by molar-refractivity contribution is -0.111. The Morgan fingerprint density at radius 2 is 2.00 bits per heavy atom. The van der Waals surface area contributed by atoms with E-state index in [2.05, 4.69) is 18.7 Å². The molecule has 1 aliphatic rings. The zero-order valence-corrected chi connectivity index (χ0v) is 15.2. The molecule has 0 N–H and O–H groups in total. The summed E-state index contributed by atoms with van der Waals surface area (Å²) in [7, 11) is 0. The molecule has 0 atom stereocenters. The molecule has 0 saturated heterocycles. The fourth-order valence-corrected chi connectivity index (χ4v) is 3.08. The molecule has 0 spiro atoms. The van der Waals surface area contributed by atoms with Crippen LogP contribution in [0.2, 0.25) is 0 Å². The third kappa shape index (κ3) is 3.85. The van der Waals surface area contributed by atoms with Crippen molar-refractivity contribution in [2.75, 3.05) is 18.0 Å². The van der Waals surface area contributed by atoms with Gasteiger partial charge in [0, 0.05) is 35.8 Å².